The van der Waals surface area contributed by atoms with Gasteiger partial charge in [0.1, 0.15) is 0 Å². The van der Waals surface area contributed by atoms with E-state index in [1.807, 2.05) is 19.9 Å². The van der Waals surface area contributed by atoms with Crippen LogP contribution in [-0.4, -0.2) is 25.8 Å². The Bertz CT molecular complexity index is 612. The SMILES string of the molecule is CCC1CCCN(S(=O)(=O)c2c(C)c(C)cc(N)c2C)C1. The van der Waals surface area contributed by atoms with Crippen LogP contribution in [0.5, 0.6) is 0 Å². The van der Waals surface area contributed by atoms with Crippen molar-refractivity contribution >= 4 is 15.7 Å². The number of hydrogen-bond acceptors (Lipinski definition) is 3. The van der Waals surface area contributed by atoms with Gasteiger partial charge in [0.2, 0.25) is 10.0 Å². The highest BCUT2D eigenvalue weighted by atomic mass is 32.2. The van der Waals surface area contributed by atoms with Gasteiger partial charge < -0.3 is 5.73 Å². The fourth-order valence-corrected chi connectivity index (χ4v) is 5.22. The van der Waals surface area contributed by atoms with Crippen molar-refractivity contribution in [3.05, 3.63) is 22.8 Å². The average Bonchev–Trinajstić information content (AvgIpc) is 2.45. The van der Waals surface area contributed by atoms with E-state index in [-0.39, 0.29) is 0 Å². The zero-order chi connectivity index (χ0) is 15.8. The fraction of sp³-hybridized carbons (Fsp3) is 0.625. The minimum Gasteiger partial charge on any atom is -0.398 e. The van der Waals surface area contributed by atoms with Crippen molar-refractivity contribution in [3.63, 3.8) is 0 Å². The minimum absolute atomic E-state index is 0.414. The molecular weight excluding hydrogens is 284 g/mol. The first-order valence-corrected chi connectivity index (χ1v) is 9.09. The fourth-order valence-electron chi connectivity index (χ4n) is 3.14. The first kappa shape index (κ1) is 16.3. The Hall–Kier alpha value is -1.07. The quantitative estimate of drug-likeness (QED) is 0.873. The third-order valence-electron chi connectivity index (χ3n) is 4.73. The van der Waals surface area contributed by atoms with E-state index in [2.05, 4.69) is 6.92 Å². The van der Waals surface area contributed by atoms with Gasteiger partial charge in [-0.2, -0.15) is 4.31 Å². The van der Waals surface area contributed by atoms with Crippen LogP contribution in [0, 0.1) is 26.7 Å². The van der Waals surface area contributed by atoms with Crippen LogP contribution in [0.1, 0.15) is 42.9 Å². The molecule has 2 rings (SSSR count). The van der Waals surface area contributed by atoms with Crippen molar-refractivity contribution in [2.24, 2.45) is 5.92 Å². The predicted octanol–water partition coefficient (Wildman–Crippen LogP) is 3.00. The third kappa shape index (κ3) is 2.94. The van der Waals surface area contributed by atoms with Gasteiger partial charge in [-0.15, -0.1) is 0 Å². The topological polar surface area (TPSA) is 63.4 Å². The second-order valence-corrected chi connectivity index (χ2v) is 8.02. The Balaban J connectivity index is 2.50. The Kier molecular flexibility index (Phi) is 4.63. The van der Waals surface area contributed by atoms with E-state index < -0.39 is 10.0 Å². The average molecular weight is 310 g/mol. The Labute approximate surface area is 128 Å². The molecule has 1 atom stereocenters. The zero-order valence-electron chi connectivity index (χ0n) is 13.4. The van der Waals surface area contributed by atoms with E-state index >= 15 is 0 Å². The number of rotatable bonds is 3. The molecule has 0 radical (unpaired) electrons. The maximum Gasteiger partial charge on any atom is 0.243 e. The van der Waals surface area contributed by atoms with Crippen LogP contribution in [-0.2, 0) is 10.0 Å². The molecule has 1 fully saturated rings. The van der Waals surface area contributed by atoms with Crippen LogP contribution in [0.3, 0.4) is 0 Å². The lowest BCUT2D eigenvalue weighted by Crippen LogP contribution is -2.40. The summed E-state index contributed by atoms with van der Waals surface area (Å²) >= 11 is 0. The highest BCUT2D eigenvalue weighted by molar-refractivity contribution is 7.89. The molecule has 1 aromatic carbocycles. The third-order valence-corrected chi connectivity index (χ3v) is 6.87. The molecule has 0 aliphatic carbocycles. The van der Waals surface area contributed by atoms with Gasteiger partial charge in [-0.05, 0) is 62.3 Å². The number of sulfonamides is 1. The van der Waals surface area contributed by atoms with Crippen molar-refractivity contribution in [1.82, 2.24) is 4.31 Å². The van der Waals surface area contributed by atoms with Crippen LogP contribution < -0.4 is 5.73 Å². The summed E-state index contributed by atoms with van der Waals surface area (Å²) in [4.78, 5) is 0.414. The van der Waals surface area contributed by atoms with Crippen LogP contribution in [0.4, 0.5) is 5.69 Å². The summed E-state index contributed by atoms with van der Waals surface area (Å²) in [5.74, 6) is 0.469. The molecule has 1 heterocycles. The smallest absolute Gasteiger partial charge is 0.243 e. The van der Waals surface area contributed by atoms with Crippen LogP contribution in [0.2, 0.25) is 0 Å². The van der Waals surface area contributed by atoms with Gasteiger partial charge in [0.15, 0.2) is 0 Å². The lowest BCUT2D eigenvalue weighted by Gasteiger charge is -2.32. The molecule has 0 spiro atoms. The van der Waals surface area contributed by atoms with E-state index in [1.54, 1.807) is 11.2 Å². The first-order chi connectivity index (χ1) is 9.78. The van der Waals surface area contributed by atoms with Crippen LogP contribution in [0.15, 0.2) is 11.0 Å². The number of aryl methyl sites for hydroxylation is 1. The van der Waals surface area contributed by atoms with Gasteiger partial charge >= 0.3 is 0 Å². The molecule has 0 saturated carbocycles. The number of benzene rings is 1. The molecule has 21 heavy (non-hydrogen) atoms. The molecule has 0 amide bonds. The molecule has 5 heteroatoms. The maximum atomic E-state index is 13.1. The van der Waals surface area contributed by atoms with E-state index in [1.165, 1.54) is 0 Å². The van der Waals surface area contributed by atoms with Crippen molar-refractivity contribution in [3.8, 4) is 0 Å². The van der Waals surface area contributed by atoms with Crippen molar-refractivity contribution in [2.75, 3.05) is 18.8 Å². The first-order valence-electron chi connectivity index (χ1n) is 7.65. The largest absolute Gasteiger partial charge is 0.398 e. The van der Waals surface area contributed by atoms with Gasteiger partial charge in [0.05, 0.1) is 4.90 Å². The molecule has 1 aliphatic rings. The molecule has 1 saturated heterocycles. The maximum absolute atomic E-state index is 13.1. The summed E-state index contributed by atoms with van der Waals surface area (Å²) in [6.45, 7) is 8.96. The number of nitrogens with zero attached hydrogens (tertiary/aromatic N) is 1. The van der Waals surface area contributed by atoms with Crippen molar-refractivity contribution in [2.45, 2.75) is 51.9 Å². The highest BCUT2D eigenvalue weighted by Crippen LogP contribution is 2.32. The van der Waals surface area contributed by atoms with Crippen molar-refractivity contribution < 1.29 is 8.42 Å². The summed E-state index contributed by atoms with van der Waals surface area (Å²) < 4.78 is 27.8. The number of piperidine rings is 1. The van der Waals surface area contributed by atoms with E-state index in [9.17, 15) is 8.42 Å². The number of anilines is 1. The van der Waals surface area contributed by atoms with Gasteiger partial charge in [-0.3, -0.25) is 0 Å². The summed E-state index contributed by atoms with van der Waals surface area (Å²) in [6, 6.07) is 1.86. The summed E-state index contributed by atoms with van der Waals surface area (Å²) in [7, 11) is -3.46. The molecule has 118 valence electrons. The molecule has 0 aromatic heterocycles. The van der Waals surface area contributed by atoms with Crippen LogP contribution >= 0.6 is 0 Å². The Morgan fingerprint density at radius 2 is 1.95 bits per heavy atom. The molecule has 1 aliphatic heterocycles. The summed E-state index contributed by atoms with van der Waals surface area (Å²) in [5, 5.41) is 0. The Morgan fingerprint density at radius 3 is 2.57 bits per heavy atom. The van der Waals surface area contributed by atoms with Crippen molar-refractivity contribution in [1.29, 1.82) is 0 Å². The van der Waals surface area contributed by atoms with Gasteiger partial charge in [0, 0.05) is 18.8 Å². The normalized spacial score (nSPS) is 20.7. The van der Waals surface area contributed by atoms with Gasteiger partial charge in [-0.25, -0.2) is 8.42 Å². The number of hydrogen-bond donors (Lipinski definition) is 1. The van der Waals surface area contributed by atoms with E-state index in [4.69, 9.17) is 5.73 Å². The monoisotopic (exact) mass is 310 g/mol. The lowest BCUT2D eigenvalue weighted by molar-refractivity contribution is 0.261. The van der Waals surface area contributed by atoms with Gasteiger partial charge in [0.25, 0.3) is 0 Å². The molecule has 1 aromatic rings. The number of nitrogens with two attached hydrogens (primary N) is 1. The van der Waals surface area contributed by atoms with E-state index in [0.717, 1.165) is 30.4 Å². The molecule has 1 unspecified atom stereocenters. The highest BCUT2D eigenvalue weighted by Gasteiger charge is 2.32. The lowest BCUT2D eigenvalue weighted by atomic mass is 9.97. The zero-order valence-corrected chi connectivity index (χ0v) is 14.3. The summed E-state index contributed by atoms with van der Waals surface area (Å²) in [5.41, 5.74) is 8.97. The molecule has 2 N–H and O–H groups in total. The predicted molar refractivity (Wildman–Crippen MR) is 86.8 cm³/mol. The second kappa shape index (κ2) is 5.97. The second-order valence-electron chi connectivity index (χ2n) is 6.14. The van der Waals surface area contributed by atoms with Gasteiger partial charge in [-0.1, -0.05) is 13.3 Å². The Morgan fingerprint density at radius 1 is 1.29 bits per heavy atom. The van der Waals surface area contributed by atoms with Crippen LogP contribution in [0.25, 0.3) is 0 Å². The minimum atomic E-state index is -3.46. The summed E-state index contributed by atoms with van der Waals surface area (Å²) in [6.07, 6.45) is 3.09. The molecule has 0 bridgehead atoms. The number of nitrogen functional groups attached to an aromatic ring is 1. The molecular formula is C16H26N2O2S. The molecule has 4 nitrogen and oxygen atoms in total. The standard InChI is InChI=1S/C16H26N2O2S/c1-5-14-7-6-8-18(10-14)21(19,20)16-12(3)11(2)9-15(17)13(16)4/h9,14H,5-8,10,17H2,1-4H3. The van der Waals surface area contributed by atoms with E-state index in [0.29, 0.717) is 35.2 Å².